The van der Waals surface area contributed by atoms with Crippen LogP contribution in [0.4, 0.5) is 0 Å². The Morgan fingerprint density at radius 2 is 1.38 bits per heavy atom. The molecule has 2 rings (SSSR count). The monoisotopic (exact) mass is 530 g/mol. The molecule has 0 radical (unpaired) electrons. The van der Waals surface area contributed by atoms with E-state index in [1.54, 1.807) is 6.92 Å². The number of rotatable bonds is 15. The van der Waals surface area contributed by atoms with Crippen molar-refractivity contribution in [3.05, 3.63) is 71.3 Å². The van der Waals surface area contributed by atoms with Crippen LogP contribution in [-0.2, 0) is 42.7 Å². The van der Waals surface area contributed by atoms with E-state index in [-0.39, 0.29) is 37.8 Å². The Hall–Kier alpha value is -2.23. The molecule has 0 aliphatic heterocycles. The summed E-state index contributed by atoms with van der Waals surface area (Å²) in [5.74, 6) is -0.942. The van der Waals surface area contributed by atoms with Gasteiger partial charge in [0.15, 0.2) is 0 Å². The van der Waals surface area contributed by atoms with Gasteiger partial charge in [0.1, 0.15) is 0 Å². The van der Waals surface area contributed by atoms with Gasteiger partial charge in [-0.1, -0.05) is 20.8 Å². The predicted molar refractivity (Wildman–Crippen MR) is 154 cm³/mol. The average molecular weight is 531 g/mol. The van der Waals surface area contributed by atoms with E-state index in [1.165, 1.54) is 11.1 Å². The Bertz CT molecular complexity index is 973. The van der Waals surface area contributed by atoms with Gasteiger partial charge in [-0.3, -0.25) is 4.79 Å². The van der Waals surface area contributed by atoms with Gasteiger partial charge in [0.25, 0.3) is 0 Å². The number of benzene rings is 2. The van der Waals surface area contributed by atoms with Crippen molar-refractivity contribution in [1.82, 2.24) is 0 Å². The zero-order valence-electron chi connectivity index (χ0n) is 23.8. The van der Waals surface area contributed by atoms with Crippen LogP contribution in [-0.4, -0.2) is 44.6 Å². The molecule has 0 fully saturated rings. The zero-order valence-corrected chi connectivity index (χ0v) is 24.8. The molecule has 0 saturated carbocycles. The van der Waals surface area contributed by atoms with Crippen molar-refractivity contribution < 1.29 is 23.8 Å². The molecule has 37 heavy (non-hydrogen) atoms. The van der Waals surface area contributed by atoms with Crippen molar-refractivity contribution in [3.8, 4) is 0 Å². The Morgan fingerprint density at radius 1 is 0.811 bits per heavy atom. The summed E-state index contributed by atoms with van der Waals surface area (Å²) in [7, 11) is -1.46. The van der Waals surface area contributed by atoms with Gasteiger partial charge in [-0.25, -0.2) is 0 Å². The van der Waals surface area contributed by atoms with Gasteiger partial charge in [-0.05, 0) is 19.8 Å². The maximum atomic E-state index is 13.1. The Morgan fingerprint density at radius 3 is 1.95 bits per heavy atom. The molecule has 0 spiro atoms. The third-order valence-corrected chi connectivity index (χ3v) is 9.63. The normalized spacial score (nSPS) is 15.3. The molecule has 5 nitrogen and oxygen atoms in total. The van der Waals surface area contributed by atoms with Crippen molar-refractivity contribution in [3.63, 3.8) is 0 Å². The SMILES string of the molecule is CCC(C)OCC(C)(COC(=O)C(C)CC)C(=O)OCc1ccc(C[PH](C)(C)Cc2ccccc2)cc1. The number of esters is 2. The zero-order chi connectivity index (χ0) is 27.5. The molecule has 2 aromatic carbocycles. The van der Waals surface area contributed by atoms with E-state index in [2.05, 4.69) is 55.8 Å². The molecule has 0 bridgehead atoms. The first-order valence-electron chi connectivity index (χ1n) is 13.5. The molecule has 3 unspecified atom stereocenters. The second kappa shape index (κ2) is 14.6. The number of ether oxygens (including phenoxy) is 3. The Balaban J connectivity index is 1.98. The average Bonchev–Trinajstić information content (AvgIpc) is 2.89. The summed E-state index contributed by atoms with van der Waals surface area (Å²) >= 11 is 0. The van der Waals surface area contributed by atoms with Gasteiger partial charge < -0.3 is 0 Å². The summed E-state index contributed by atoms with van der Waals surface area (Å²) in [4.78, 5) is 25.4. The number of hydrogen-bond acceptors (Lipinski definition) is 5. The number of hydrogen-bond donors (Lipinski definition) is 0. The van der Waals surface area contributed by atoms with Crippen molar-refractivity contribution >= 4 is 19.2 Å². The minimum absolute atomic E-state index is 0.000344. The van der Waals surface area contributed by atoms with Crippen LogP contribution < -0.4 is 0 Å². The quantitative estimate of drug-likeness (QED) is 0.186. The molecule has 6 heteroatoms. The molecule has 0 saturated heterocycles. The molecule has 0 aliphatic rings. The third-order valence-electron chi connectivity index (χ3n) is 6.90. The topological polar surface area (TPSA) is 61.8 Å². The number of carbonyl (C=O) groups excluding carboxylic acids is 2. The molecule has 0 amide bonds. The Labute approximate surface area is 224 Å². The van der Waals surface area contributed by atoms with Crippen molar-refractivity contribution in [2.75, 3.05) is 26.5 Å². The van der Waals surface area contributed by atoms with E-state index in [1.807, 2.05) is 39.8 Å². The second-order valence-corrected chi connectivity index (χ2v) is 16.4. The van der Waals surface area contributed by atoms with Crippen molar-refractivity contribution in [1.29, 1.82) is 0 Å². The van der Waals surface area contributed by atoms with Crippen LogP contribution in [0.3, 0.4) is 0 Å². The van der Waals surface area contributed by atoms with Crippen LogP contribution in [0.25, 0.3) is 0 Å². The van der Waals surface area contributed by atoms with Crippen LogP contribution in [0, 0.1) is 11.3 Å². The van der Waals surface area contributed by atoms with Gasteiger partial charge in [0.05, 0.1) is 5.92 Å². The van der Waals surface area contributed by atoms with E-state index < -0.39 is 18.6 Å². The van der Waals surface area contributed by atoms with E-state index >= 15 is 0 Å². The molecule has 3 atom stereocenters. The molecular weight excluding hydrogens is 483 g/mol. The first-order chi connectivity index (χ1) is 17.5. The van der Waals surface area contributed by atoms with E-state index in [0.29, 0.717) is 6.42 Å². The molecular formula is C31H47O5P. The van der Waals surface area contributed by atoms with Gasteiger partial charge in [-0.15, -0.1) is 0 Å². The van der Waals surface area contributed by atoms with Crippen molar-refractivity contribution in [2.45, 2.75) is 72.5 Å². The predicted octanol–water partition coefficient (Wildman–Crippen LogP) is 6.85. The molecule has 206 valence electrons. The Kier molecular flexibility index (Phi) is 12.3. The van der Waals surface area contributed by atoms with Crippen LogP contribution in [0.15, 0.2) is 54.6 Å². The van der Waals surface area contributed by atoms with Crippen LogP contribution in [0.5, 0.6) is 0 Å². The van der Waals surface area contributed by atoms with Crippen LogP contribution in [0.2, 0.25) is 0 Å². The summed E-state index contributed by atoms with van der Waals surface area (Å²) in [6.45, 7) is 14.6. The fraction of sp³-hybridized carbons (Fsp3) is 0.548. The van der Waals surface area contributed by atoms with Gasteiger partial charge >= 0.3 is 173 Å². The molecule has 0 aliphatic carbocycles. The first kappa shape index (κ1) is 31.0. The summed E-state index contributed by atoms with van der Waals surface area (Å²) in [5.41, 5.74) is 2.57. The van der Waals surface area contributed by atoms with Gasteiger partial charge in [-0.2, -0.15) is 0 Å². The standard InChI is InChI=1S/C31H47O5P/c1-8-24(3)29(32)36-23-31(5,22-35-25(4)9-2)30(33)34-19-26-15-17-28(18-16-26)21-37(6,7)20-27-13-11-10-12-14-27/h10-18,24-25,37H,8-9,19-23H2,1-7H3. The summed E-state index contributed by atoms with van der Waals surface area (Å²) < 4.78 is 17.0. The third kappa shape index (κ3) is 10.6. The summed E-state index contributed by atoms with van der Waals surface area (Å²) in [5, 5.41) is 0. The fourth-order valence-corrected chi connectivity index (χ4v) is 6.79. The molecule has 2 aromatic rings. The van der Waals surface area contributed by atoms with Crippen LogP contribution in [0.1, 0.15) is 64.2 Å². The second-order valence-electron chi connectivity index (χ2n) is 11.4. The maximum absolute atomic E-state index is 13.1. The summed E-state index contributed by atoms with van der Waals surface area (Å²) in [6, 6.07) is 19.0. The summed E-state index contributed by atoms with van der Waals surface area (Å²) in [6.07, 6.45) is 3.75. The van der Waals surface area contributed by atoms with Gasteiger partial charge in [0.2, 0.25) is 0 Å². The van der Waals surface area contributed by atoms with Crippen molar-refractivity contribution in [2.24, 2.45) is 11.3 Å². The van der Waals surface area contributed by atoms with E-state index in [4.69, 9.17) is 14.2 Å². The van der Waals surface area contributed by atoms with Crippen LogP contribution >= 0.6 is 7.26 Å². The van der Waals surface area contributed by atoms with E-state index in [0.717, 1.165) is 24.3 Å². The minimum atomic E-state index is -1.46. The molecule has 0 aromatic heterocycles. The van der Waals surface area contributed by atoms with Gasteiger partial charge in [0, 0.05) is 0 Å². The fourth-order valence-electron chi connectivity index (χ4n) is 3.98. The van der Waals surface area contributed by atoms with E-state index in [9.17, 15) is 9.59 Å². The first-order valence-corrected chi connectivity index (χ1v) is 17.0. The molecule has 0 heterocycles. The molecule has 0 N–H and O–H groups in total. The number of carbonyl (C=O) groups is 2.